The quantitative estimate of drug-likeness (QED) is 0.607. The van der Waals surface area contributed by atoms with Crippen molar-refractivity contribution in [2.75, 3.05) is 38.2 Å². The summed E-state index contributed by atoms with van der Waals surface area (Å²) in [6.45, 7) is 3.58. The van der Waals surface area contributed by atoms with Gasteiger partial charge in [-0.15, -0.1) is 5.10 Å². The third kappa shape index (κ3) is 3.79. The van der Waals surface area contributed by atoms with Crippen LogP contribution >= 0.6 is 12.2 Å². The van der Waals surface area contributed by atoms with Crippen LogP contribution in [0.3, 0.4) is 0 Å². The highest BCUT2D eigenvalue weighted by Gasteiger charge is 2.21. The van der Waals surface area contributed by atoms with Crippen LogP contribution in [0.5, 0.6) is 5.75 Å². The summed E-state index contributed by atoms with van der Waals surface area (Å²) in [7, 11) is 1.61. The predicted molar refractivity (Wildman–Crippen MR) is 108 cm³/mol. The minimum Gasteiger partial charge on any atom is -0.496 e. The Morgan fingerprint density at radius 3 is 2.54 bits per heavy atom. The zero-order chi connectivity index (χ0) is 19.5. The SMILES string of the molecule is COc1ccccc1-c1nn(CN2CCN(c3ccccc3F)CC2)c(=S)o1. The van der Waals surface area contributed by atoms with E-state index in [0.717, 1.165) is 31.7 Å². The van der Waals surface area contributed by atoms with Crippen LogP contribution in [0.15, 0.2) is 52.9 Å². The number of nitrogens with zero attached hydrogens (tertiary/aromatic N) is 4. The molecular weight excluding hydrogens is 379 g/mol. The van der Waals surface area contributed by atoms with Gasteiger partial charge in [-0.1, -0.05) is 24.3 Å². The number of anilines is 1. The minimum atomic E-state index is -0.184. The Labute approximate surface area is 167 Å². The normalized spacial score (nSPS) is 15.0. The summed E-state index contributed by atoms with van der Waals surface area (Å²) in [4.78, 5) is 4.60. The molecular formula is C20H21FN4O2S. The number of halogens is 1. The van der Waals surface area contributed by atoms with Gasteiger partial charge in [0.2, 0.25) is 0 Å². The highest BCUT2D eigenvalue weighted by Crippen LogP contribution is 2.28. The molecule has 1 fully saturated rings. The van der Waals surface area contributed by atoms with E-state index in [1.165, 1.54) is 6.07 Å². The lowest BCUT2D eigenvalue weighted by molar-refractivity contribution is 0.192. The van der Waals surface area contributed by atoms with Crippen molar-refractivity contribution in [3.05, 3.63) is 59.2 Å². The molecule has 1 aliphatic heterocycles. The highest BCUT2D eigenvalue weighted by molar-refractivity contribution is 7.71. The molecule has 3 aromatic rings. The van der Waals surface area contributed by atoms with Gasteiger partial charge in [-0.3, -0.25) is 4.90 Å². The smallest absolute Gasteiger partial charge is 0.288 e. The number of hydrogen-bond donors (Lipinski definition) is 0. The Hall–Kier alpha value is -2.71. The number of methoxy groups -OCH3 is 1. The van der Waals surface area contributed by atoms with Crippen molar-refractivity contribution >= 4 is 17.9 Å². The second kappa shape index (κ2) is 8.12. The average molecular weight is 400 g/mol. The maximum absolute atomic E-state index is 14.0. The third-order valence-electron chi connectivity index (χ3n) is 4.84. The van der Waals surface area contributed by atoms with Crippen molar-refractivity contribution in [2.24, 2.45) is 0 Å². The first-order valence-corrected chi connectivity index (χ1v) is 9.49. The van der Waals surface area contributed by atoms with Crippen LogP contribution in [0, 0.1) is 10.7 Å². The van der Waals surface area contributed by atoms with E-state index in [1.807, 2.05) is 36.4 Å². The van der Waals surface area contributed by atoms with Gasteiger partial charge in [0.15, 0.2) is 0 Å². The number of aromatic nitrogens is 2. The molecule has 2 aromatic carbocycles. The van der Waals surface area contributed by atoms with Crippen molar-refractivity contribution in [3.63, 3.8) is 0 Å². The second-order valence-electron chi connectivity index (χ2n) is 6.57. The molecule has 146 valence electrons. The highest BCUT2D eigenvalue weighted by atomic mass is 32.1. The van der Waals surface area contributed by atoms with E-state index in [0.29, 0.717) is 28.8 Å². The van der Waals surface area contributed by atoms with Gasteiger partial charge in [-0.25, -0.2) is 9.07 Å². The van der Waals surface area contributed by atoms with Crippen LogP contribution in [0.1, 0.15) is 0 Å². The number of piperazine rings is 1. The van der Waals surface area contributed by atoms with Gasteiger partial charge in [0.1, 0.15) is 11.6 Å². The molecule has 6 nitrogen and oxygen atoms in total. The second-order valence-corrected chi connectivity index (χ2v) is 6.92. The van der Waals surface area contributed by atoms with Gasteiger partial charge in [0.05, 0.1) is 25.0 Å². The molecule has 1 aliphatic rings. The fourth-order valence-corrected chi connectivity index (χ4v) is 3.53. The molecule has 0 spiro atoms. The molecule has 0 N–H and O–H groups in total. The van der Waals surface area contributed by atoms with Crippen LogP contribution in [-0.4, -0.2) is 48.0 Å². The summed E-state index contributed by atoms with van der Waals surface area (Å²) in [6.07, 6.45) is 0. The molecule has 0 atom stereocenters. The van der Waals surface area contributed by atoms with Gasteiger partial charge < -0.3 is 14.1 Å². The third-order valence-corrected chi connectivity index (χ3v) is 5.14. The lowest BCUT2D eigenvalue weighted by atomic mass is 10.2. The zero-order valence-corrected chi connectivity index (χ0v) is 16.4. The van der Waals surface area contributed by atoms with Gasteiger partial charge in [0, 0.05) is 26.2 Å². The van der Waals surface area contributed by atoms with E-state index in [9.17, 15) is 4.39 Å². The molecule has 1 saturated heterocycles. The number of ether oxygens (including phenoxy) is 1. The Bertz CT molecular complexity index is 1010. The van der Waals surface area contributed by atoms with Crippen LogP contribution in [0.25, 0.3) is 11.5 Å². The maximum atomic E-state index is 14.0. The predicted octanol–water partition coefficient (Wildman–Crippen LogP) is 3.80. The summed E-state index contributed by atoms with van der Waals surface area (Å²) < 4.78 is 26.7. The first-order chi connectivity index (χ1) is 13.7. The van der Waals surface area contributed by atoms with E-state index >= 15 is 0 Å². The largest absolute Gasteiger partial charge is 0.496 e. The number of rotatable bonds is 5. The summed E-state index contributed by atoms with van der Waals surface area (Å²) >= 11 is 5.34. The molecule has 0 unspecified atom stereocenters. The Morgan fingerprint density at radius 2 is 1.79 bits per heavy atom. The van der Waals surface area contributed by atoms with Crippen LogP contribution < -0.4 is 9.64 Å². The average Bonchev–Trinajstić information content (AvgIpc) is 3.09. The summed E-state index contributed by atoms with van der Waals surface area (Å²) in [6, 6.07) is 14.4. The standard InChI is InChI=1S/C20H21FN4O2S/c1-26-18-9-5-2-6-15(18)19-22-25(20(28)27-19)14-23-10-12-24(13-11-23)17-8-4-3-7-16(17)21/h2-9H,10-14H2,1H3. The fourth-order valence-electron chi connectivity index (χ4n) is 3.35. The molecule has 0 amide bonds. The van der Waals surface area contributed by atoms with Crippen LogP contribution in [0.4, 0.5) is 10.1 Å². The summed E-state index contributed by atoms with van der Waals surface area (Å²) in [5.74, 6) is 0.938. The summed E-state index contributed by atoms with van der Waals surface area (Å²) in [5, 5.41) is 4.52. The fraction of sp³-hybridized carbons (Fsp3) is 0.300. The lowest BCUT2D eigenvalue weighted by Crippen LogP contribution is -2.47. The monoisotopic (exact) mass is 400 g/mol. The first kappa shape index (κ1) is 18.6. The molecule has 2 heterocycles. The number of para-hydroxylation sites is 2. The van der Waals surface area contributed by atoms with Crippen molar-refractivity contribution in [2.45, 2.75) is 6.67 Å². The molecule has 4 rings (SSSR count). The van der Waals surface area contributed by atoms with Gasteiger partial charge >= 0.3 is 0 Å². The van der Waals surface area contributed by atoms with Gasteiger partial charge in [-0.2, -0.15) is 0 Å². The van der Waals surface area contributed by atoms with Crippen molar-refractivity contribution < 1.29 is 13.5 Å². The van der Waals surface area contributed by atoms with E-state index in [1.54, 1.807) is 17.9 Å². The molecule has 0 aliphatic carbocycles. The zero-order valence-electron chi connectivity index (χ0n) is 15.5. The Kier molecular flexibility index (Phi) is 5.40. The van der Waals surface area contributed by atoms with E-state index in [2.05, 4.69) is 14.9 Å². The molecule has 1 aromatic heterocycles. The topological polar surface area (TPSA) is 46.7 Å². The lowest BCUT2D eigenvalue weighted by Gasteiger charge is -2.35. The van der Waals surface area contributed by atoms with Crippen molar-refractivity contribution in [1.29, 1.82) is 0 Å². The Morgan fingerprint density at radius 1 is 1.07 bits per heavy atom. The van der Waals surface area contributed by atoms with Crippen molar-refractivity contribution in [1.82, 2.24) is 14.7 Å². The van der Waals surface area contributed by atoms with Crippen LogP contribution in [-0.2, 0) is 6.67 Å². The molecule has 28 heavy (non-hydrogen) atoms. The Balaban J connectivity index is 1.44. The maximum Gasteiger partial charge on any atom is 0.288 e. The first-order valence-electron chi connectivity index (χ1n) is 9.09. The van der Waals surface area contributed by atoms with Gasteiger partial charge in [-0.05, 0) is 36.5 Å². The van der Waals surface area contributed by atoms with Gasteiger partial charge in [0.25, 0.3) is 10.7 Å². The molecule has 0 radical (unpaired) electrons. The minimum absolute atomic E-state index is 0.184. The van der Waals surface area contributed by atoms with E-state index in [-0.39, 0.29) is 5.82 Å². The number of benzene rings is 2. The van der Waals surface area contributed by atoms with E-state index in [4.69, 9.17) is 21.4 Å². The molecule has 8 heteroatoms. The molecule has 0 saturated carbocycles. The summed E-state index contributed by atoms with van der Waals surface area (Å²) in [5.41, 5.74) is 1.41. The van der Waals surface area contributed by atoms with Crippen LogP contribution in [0.2, 0.25) is 0 Å². The number of hydrogen-bond acceptors (Lipinski definition) is 6. The molecule has 0 bridgehead atoms. The van der Waals surface area contributed by atoms with Crippen molar-refractivity contribution in [3.8, 4) is 17.2 Å². The van der Waals surface area contributed by atoms with E-state index < -0.39 is 0 Å².